The Hall–Kier alpha value is -1.81. The van der Waals surface area contributed by atoms with E-state index in [4.69, 9.17) is 4.74 Å². The van der Waals surface area contributed by atoms with Crippen molar-refractivity contribution in [3.05, 3.63) is 76.5 Å². The molecule has 24 heavy (non-hydrogen) atoms. The lowest BCUT2D eigenvalue weighted by atomic mass is 10.1. The first-order valence-electron chi connectivity index (χ1n) is 7.89. The van der Waals surface area contributed by atoms with Gasteiger partial charge in [0, 0.05) is 6.54 Å². The summed E-state index contributed by atoms with van der Waals surface area (Å²) in [7, 11) is 0. The molecule has 2 aromatic carbocycles. The van der Waals surface area contributed by atoms with Gasteiger partial charge < -0.3 is 10.1 Å². The van der Waals surface area contributed by atoms with Gasteiger partial charge in [0.25, 0.3) is 0 Å². The Kier molecular flexibility index (Phi) is 7.32. The van der Waals surface area contributed by atoms with E-state index in [1.165, 1.54) is 22.3 Å². The molecular weight excluding hydrogens is 338 g/mol. The molecule has 3 aromatic rings. The van der Waals surface area contributed by atoms with Crippen molar-refractivity contribution in [2.75, 3.05) is 6.54 Å². The minimum Gasteiger partial charge on any atom is -0.489 e. The second-order valence-electron chi connectivity index (χ2n) is 5.43. The molecule has 0 atom stereocenters. The molecule has 0 saturated heterocycles. The molecule has 0 bridgehead atoms. The second kappa shape index (κ2) is 9.48. The zero-order chi connectivity index (χ0) is 15.9. The van der Waals surface area contributed by atoms with E-state index in [2.05, 4.69) is 65.5 Å². The zero-order valence-corrected chi connectivity index (χ0v) is 15.3. The molecule has 0 spiro atoms. The van der Waals surface area contributed by atoms with Gasteiger partial charge in [0.15, 0.2) is 0 Å². The molecule has 0 radical (unpaired) electrons. The Labute approximate surface area is 153 Å². The molecule has 3 rings (SSSR count). The van der Waals surface area contributed by atoms with Gasteiger partial charge in [-0.2, -0.15) is 11.3 Å². The molecule has 0 aliphatic carbocycles. The molecule has 1 heterocycles. The Bertz CT molecular complexity index is 743. The average Bonchev–Trinajstić information content (AvgIpc) is 3.13. The van der Waals surface area contributed by atoms with Gasteiger partial charge in [-0.25, -0.2) is 0 Å². The normalized spacial score (nSPS) is 10.2. The Morgan fingerprint density at radius 2 is 1.79 bits per heavy atom. The van der Waals surface area contributed by atoms with Crippen LogP contribution in [0.25, 0.3) is 11.1 Å². The summed E-state index contributed by atoms with van der Waals surface area (Å²) >= 11 is 1.72. The molecule has 0 unspecified atom stereocenters. The summed E-state index contributed by atoms with van der Waals surface area (Å²) in [5, 5.41) is 7.61. The summed E-state index contributed by atoms with van der Waals surface area (Å²) < 4.78 is 5.96. The molecule has 0 fully saturated rings. The van der Waals surface area contributed by atoms with Gasteiger partial charge in [-0.1, -0.05) is 37.3 Å². The minimum absolute atomic E-state index is 0. The number of thiophene rings is 1. The van der Waals surface area contributed by atoms with Gasteiger partial charge in [-0.05, 0) is 63.8 Å². The van der Waals surface area contributed by atoms with E-state index in [1.807, 2.05) is 12.1 Å². The maximum absolute atomic E-state index is 5.96. The molecule has 126 valence electrons. The van der Waals surface area contributed by atoms with E-state index < -0.39 is 0 Å². The predicted octanol–water partition coefficient (Wildman–Crippen LogP) is 5.53. The Balaban J connectivity index is 0.00000208. The first kappa shape index (κ1) is 18.5. The van der Waals surface area contributed by atoms with Crippen LogP contribution in [-0.2, 0) is 13.2 Å². The van der Waals surface area contributed by atoms with Gasteiger partial charge in [0.05, 0.1) is 0 Å². The van der Waals surface area contributed by atoms with Crippen LogP contribution in [0, 0.1) is 0 Å². The van der Waals surface area contributed by atoms with Gasteiger partial charge in [0.1, 0.15) is 12.4 Å². The molecule has 4 heteroatoms. The van der Waals surface area contributed by atoms with E-state index in [-0.39, 0.29) is 12.4 Å². The monoisotopic (exact) mass is 359 g/mol. The van der Waals surface area contributed by atoms with Gasteiger partial charge in [-0.15, -0.1) is 12.4 Å². The lowest BCUT2D eigenvalue weighted by molar-refractivity contribution is 0.306. The number of nitrogens with one attached hydrogen (secondary N) is 1. The molecular formula is C20H22ClNOS. The SMILES string of the molecule is CCNCc1cccc(OCc2cccc(-c3ccsc3)c2)c1.Cl. The van der Waals surface area contributed by atoms with E-state index in [1.54, 1.807) is 11.3 Å². The molecule has 1 N–H and O–H groups in total. The van der Waals surface area contributed by atoms with Crippen molar-refractivity contribution in [1.82, 2.24) is 5.32 Å². The largest absolute Gasteiger partial charge is 0.489 e. The third-order valence-corrected chi connectivity index (χ3v) is 4.35. The summed E-state index contributed by atoms with van der Waals surface area (Å²) in [6, 6.07) is 19.0. The number of hydrogen-bond acceptors (Lipinski definition) is 3. The van der Waals surface area contributed by atoms with E-state index in [9.17, 15) is 0 Å². The number of ether oxygens (including phenoxy) is 1. The fourth-order valence-electron chi connectivity index (χ4n) is 2.45. The van der Waals surface area contributed by atoms with E-state index in [0.717, 1.165) is 18.8 Å². The summed E-state index contributed by atoms with van der Waals surface area (Å²) in [6.45, 7) is 4.55. The highest BCUT2D eigenvalue weighted by atomic mass is 35.5. The van der Waals surface area contributed by atoms with Crippen LogP contribution in [0.5, 0.6) is 5.75 Å². The van der Waals surface area contributed by atoms with Crippen LogP contribution in [0.1, 0.15) is 18.1 Å². The fraction of sp³-hybridized carbons (Fsp3) is 0.200. The fourth-order valence-corrected chi connectivity index (χ4v) is 3.12. The minimum atomic E-state index is 0. The van der Waals surface area contributed by atoms with Crippen molar-refractivity contribution in [2.45, 2.75) is 20.1 Å². The van der Waals surface area contributed by atoms with Gasteiger partial charge >= 0.3 is 0 Å². The van der Waals surface area contributed by atoms with Crippen molar-refractivity contribution in [3.63, 3.8) is 0 Å². The number of hydrogen-bond donors (Lipinski definition) is 1. The maximum Gasteiger partial charge on any atom is 0.120 e. The summed E-state index contributed by atoms with van der Waals surface area (Å²) in [4.78, 5) is 0. The molecule has 0 saturated carbocycles. The zero-order valence-electron chi connectivity index (χ0n) is 13.7. The first-order chi connectivity index (χ1) is 11.3. The van der Waals surface area contributed by atoms with Crippen molar-refractivity contribution in [1.29, 1.82) is 0 Å². The van der Waals surface area contributed by atoms with Crippen LogP contribution < -0.4 is 10.1 Å². The van der Waals surface area contributed by atoms with Crippen molar-refractivity contribution >= 4 is 23.7 Å². The second-order valence-corrected chi connectivity index (χ2v) is 6.21. The number of benzene rings is 2. The van der Waals surface area contributed by atoms with Crippen LogP contribution in [0.3, 0.4) is 0 Å². The number of halogens is 1. The van der Waals surface area contributed by atoms with Crippen LogP contribution in [0.15, 0.2) is 65.4 Å². The highest BCUT2D eigenvalue weighted by Gasteiger charge is 2.02. The molecule has 0 aliphatic heterocycles. The third kappa shape index (κ3) is 5.10. The van der Waals surface area contributed by atoms with Crippen molar-refractivity contribution in [2.24, 2.45) is 0 Å². The standard InChI is InChI=1S/C20H21NOS.ClH/c1-2-21-13-16-5-4-8-20(12-16)22-14-17-6-3-7-18(11-17)19-9-10-23-15-19;/h3-12,15,21H,2,13-14H2,1H3;1H. The lowest BCUT2D eigenvalue weighted by Gasteiger charge is -2.09. The molecule has 1 aromatic heterocycles. The van der Waals surface area contributed by atoms with Crippen LogP contribution in [0.2, 0.25) is 0 Å². The molecule has 2 nitrogen and oxygen atoms in total. The lowest BCUT2D eigenvalue weighted by Crippen LogP contribution is -2.11. The van der Waals surface area contributed by atoms with Crippen molar-refractivity contribution < 1.29 is 4.74 Å². The van der Waals surface area contributed by atoms with Crippen molar-refractivity contribution in [3.8, 4) is 16.9 Å². The Morgan fingerprint density at radius 1 is 0.958 bits per heavy atom. The van der Waals surface area contributed by atoms with Crippen LogP contribution in [-0.4, -0.2) is 6.54 Å². The quantitative estimate of drug-likeness (QED) is 0.599. The molecule has 0 aliphatic rings. The first-order valence-corrected chi connectivity index (χ1v) is 8.83. The maximum atomic E-state index is 5.96. The molecule has 0 amide bonds. The topological polar surface area (TPSA) is 21.3 Å². The Morgan fingerprint density at radius 3 is 2.58 bits per heavy atom. The summed E-state index contributed by atoms with van der Waals surface area (Å²) in [5.41, 5.74) is 4.94. The number of rotatable bonds is 7. The predicted molar refractivity (Wildman–Crippen MR) is 105 cm³/mol. The highest BCUT2D eigenvalue weighted by molar-refractivity contribution is 7.08. The highest BCUT2D eigenvalue weighted by Crippen LogP contribution is 2.23. The van der Waals surface area contributed by atoms with E-state index >= 15 is 0 Å². The third-order valence-electron chi connectivity index (χ3n) is 3.66. The van der Waals surface area contributed by atoms with Gasteiger partial charge in [-0.3, -0.25) is 0 Å². The smallest absolute Gasteiger partial charge is 0.120 e. The summed E-state index contributed by atoms with van der Waals surface area (Å²) in [5.74, 6) is 0.918. The van der Waals surface area contributed by atoms with Crippen LogP contribution in [0.4, 0.5) is 0 Å². The average molecular weight is 360 g/mol. The van der Waals surface area contributed by atoms with Gasteiger partial charge in [0.2, 0.25) is 0 Å². The summed E-state index contributed by atoms with van der Waals surface area (Å²) in [6.07, 6.45) is 0. The van der Waals surface area contributed by atoms with E-state index in [0.29, 0.717) is 6.61 Å². The van der Waals surface area contributed by atoms with Crippen LogP contribution >= 0.6 is 23.7 Å².